The molecular weight excluding hydrogens is 335 g/mol. The average Bonchev–Trinajstić information content (AvgIpc) is 2.83. The molecule has 1 fully saturated rings. The molecule has 3 rings (SSSR count). The fourth-order valence-corrected chi connectivity index (χ4v) is 2.97. The molecule has 1 aliphatic heterocycles. The van der Waals surface area contributed by atoms with Gasteiger partial charge >= 0.3 is 0 Å². The van der Waals surface area contributed by atoms with Crippen LogP contribution >= 0.6 is 11.8 Å². The maximum atomic E-state index is 13.0. The molecule has 0 N–H and O–H groups in total. The van der Waals surface area contributed by atoms with Crippen molar-refractivity contribution in [2.75, 3.05) is 4.90 Å². The average molecular weight is 344 g/mol. The Balaban J connectivity index is 1.87. The summed E-state index contributed by atoms with van der Waals surface area (Å²) in [5, 5.41) is 10.1. The van der Waals surface area contributed by atoms with Gasteiger partial charge in [-0.2, -0.15) is 0 Å². The van der Waals surface area contributed by atoms with Crippen molar-refractivity contribution in [3.05, 3.63) is 74.9 Å². The van der Waals surface area contributed by atoms with E-state index in [1.54, 1.807) is 0 Å². The number of carbonyl (C=O) groups is 2. The Morgan fingerprint density at radius 3 is 2.25 bits per heavy atom. The summed E-state index contributed by atoms with van der Waals surface area (Å²) < 4.78 is 13.0. The highest BCUT2D eigenvalue weighted by Crippen LogP contribution is 2.35. The van der Waals surface area contributed by atoms with E-state index >= 15 is 0 Å². The van der Waals surface area contributed by atoms with Gasteiger partial charge in [0.25, 0.3) is 16.8 Å². The van der Waals surface area contributed by atoms with Gasteiger partial charge in [-0.25, -0.2) is 9.29 Å². The lowest BCUT2D eigenvalue weighted by Crippen LogP contribution is -2.27. The van der Waals surface area contributed by atoms with Crippen LogP contribution in [0.25, 0.3) is 6.08 Å². The van der Waals surface area contributed by atoms with Gasteiger partial charge in [-0.1, -0.05) is 0 Å². The Morgan fingerprint density at radius 1 is 1.04 bits per heavy atom. The van der Waals surface area contributed by atoms with Gasteiger partial charge in [0.05, 0.1) is 15.5 Å². The topological polar surface area (TPSA) is 80.5 Å². The predicted octanol–water partition coefficient (Wildman–Crippen LogP) is 3.97. The number of amides is 2. The second-order valence-corrected chi connectivity index (χ2v) is 5.84. The molecule has 0 unspecified atom stereocenters. The van der Waals surface area contributed by atoms with Crippen LogP contribution in [0.3, 0.4) is 0 Å². The monoisotopic (exact) mass is 344 g/mol. The van der Waals surface area contributed by atoms with E-state index in [1.165, 1.54) is 54.6 Å². The van der Waals surface area contributed by atoms with E-state index in [0.717, 1.165) is 16.7 Å². The Hall–Kier alpha value is -3.00. The molecule has 24 heavy (non-hydrogen) atoms. The fourth-order valence-electron chi connectivity index (χ4n) is 2.12. The molecule has 0 saturated carbocycles. The smallest absolute Gasteiger partial charge is 0.268 e. The molecule has 1 aliphatic rings. The number of anilines is 1. The summed E-state index contributed by atoms with van der Waals surface area (Å²) in [5.74, 6) is -0.984. The molecule has 8 heteroatoms. The Morgan fingerprint density at radius 2 is 1.67 bits per heavy atom. The third kappa shape index (κ3) is 3.04. The molecule has 0 radical (unpaired) electrons. The minimum Gasteiger partial charge on any atom is -0.268 e. The van der Waals surface area contributed by atoms with Crippen molar-refractivity contribution in [2.24, 2.45) is 0 Å². The summed E-state index contributed by atoms with van der Waals surface area (Å²) in [5.41, 5.74) is 0.780. The fraction of sp³-hybridized carbons (Fsp3) is 0. The van der Waals surface area contributed by atoms with Crippen LogP contribution in [0.1, 0.15) is 5.56 Å². The highest BCUT2D eigenvalue weighted by atomic mass is 32.2. The first kappa shape index (κ1) is 15.9. The van der Waals surface area contributed by atoms with Crippen LogP contribution in [-0.4, -0.2) is 16.1 Å². The van der Waals surface area contributed by atoms with Gasteiger partial charge in [0, 0.05) is 12.1 Å². The zero-order chi connectivity index (χ0) is 17.3. The summed E-state index contributed by atoms with van der Waals surface area (Å²) in [4.78, 5) is 35.7. The molecule has 120 valence electrons. The molecule has 2 amide bonds. The highest BCUT2D eigenvalue weighted by molar-refractivity contribution is 8.19. The van der Waals surface area contributed by atoms with Gasteiger partial charge in [0.15, 0.2) is 0 Å². The second kappa shape index (κ2) is 6.25. The summed E-state index contributed by atoms with van der Waals surface area (Å²) >= 11 is 0.757. The van der Waals surface area contributed by atoms with Crippen LogP contribution in [0.2, 0.25) is 0 Å². The van der Waals surface area contributed by atoms with Crippen LogP contribution in [-0.2, 0) is 4.79 Å². The molecule has 1 heterocycles. The van der Waals surface area contributed by atoms with Gasteiger partial charge in [0.2, 0.25) is 0 Å². The van der Waals surface area contributed by atoms with Crippen LogP contribution < -0.4 is 4.90 Å². The molecule has 0 aromatic heterocycles. The summed E-state index contributed by atoms with van der Waals surface area (Å²) in [6, 6.07) is 10.6. The minimum atomic E-state index is -0.522. The van der Waals surface area contributed by atoms with Crippen LogP contribution in [0, 0.1) is 15.9 Å². The number of thioether (sulfide) groups is 1. The van der Waals surface area contributed by atoms with E-state index in [2.05, 4.69) is 0 Å². The third-order valence-corrected chi connectivity index (χ3v) is 4.15. The largest absolute Gasteiger partial charge is 0.298 e. The van der Waals surface area contributed by atoms with Gasteiger partial charge in [-0.15, -0.1) is 0 Å². The lowest BCUT2D eigenvalue weighted by molar-refractivity contribution is -0.384. The molecular formula is C16H9FN2O4S. The van der Waals surface area contributed by atoms with Crippen molar-refractivity contribution in [1.29, 1.82) is 0 Å². The number of non-ortho nitro benzene ring substituents is 1. The predicted molar refractivity (Wildman–Crippen MR) is 87.9 cm³/mol. The number of halogens is 1. The second-order valence-electron chi connectivity index (χ2n) is 4.84. The SMILES string of the molecule is O=C1S/C(=C\c2ccc([N+](=O)[O-])cc2)C(=O)N1c1ccc(F)cc1. The maximum absolute atomic E-state index is 13.0. The number of imide groups is 1. The van der Waals surface area contributed by atoms with Crippen molar-refractivity contribution in [3.63, 3.8) is 0 Å². The summed E-state index contributed by atoms with van der Waals surface area (Å²) in [6.07, 6.45) is 1.48. The number of hydrogen-bond acceptors (Lipinski definition) is 5. The number of nitro groups is 1. The zero-order valence-corrected chi connectivity index (χ0v) is 12.8. The molecule has 2 aromatic carbocycles. The molecule has 2 aromatic rings. The van der Waals surface area contributed by atoms with E-state index in [1.807, 2.05) is 0 Å². The van der Waals surface area contributed by atoms with E-state index in [0.29, 0.717) is 5.56 Å². The molecule has 0 bridgehead atoms. The Kier molecular flexibility index (Phi) is 4.13. The van der Waals surface area contributed by atoms with Gasteiger partial charge < -0.3 is 0 Å². The van der Waals surface area contributed by atoms with Crippen molar-refractivity contribution >= 4 is 40.4 Å². The van der Waals surface area contributed by atoms with Gasteiger partial charge in [-0.05, 0) is 59.8 Å². The summed E-state index contributed by atoms with van der Waals surface area (Å²) in [6.45, 7) is 0. The van der Waals surface area contributed by atoms with Gasteiger partial charge in [-0.3, -0.25) is 19.7 Å². The first-order valence-electron chi connectivity index (χ1n) is 6.74. The molecule has 6 nitrogen and oxygen atoms in total. The number of nitro benzene ring substituents is 1. The molecule has 0 spiro atoms. The van der Waals surface area contributed by atoms with Crippen LogP contribution in [0.15, 0.2) is 53.4 Å². The van der Waals surface area contributed by atoms with E-state index in [-0.39, 0.29) is 16.3 Å². The molecule has 1 saturated heterocycles. The zero-order valence-electron chi connectivity index (χ0n) is 12.0. The standard InChI is InChI=1S/C16H9FN2O4S/c17-11-3-7-12(8-4-11)18-15(20)14(24-16(18)21)9-10-1-5-13(6-2-10)19(22)23/h1-9H/b14-9-. The Labute approximate surface area is 139 Å². The maximum Gasteiger partial charge on any atom is 0.298 e. The van der Waals surface area contributed by atoms with Crippen molar-refractivity contribution in [1.82, 2.24) is 0 Å². The third-order valence-electron chi connectivity index (χ3n) is 3.28. The van der Waals surface area contributed by atoms with Crippen LogP contribution in [0.4, 0.5) is 20.6 Å². The molecule has 0 aliphatic carbocycles. The highest BCUT2D eigenvalue weighted by Gasteiger charge is 2.36. The number of rotatable bonds is 3. The quantitative estimate of drug-likeness (QED) is 0.478. The van der Waals surface area contributed by atoms with E-state index < -0.39 is 21.9 Å². The van der Waals surface area contributed by atoms with E-state index in [4.69, 9.17) is 0 Å². The summed E-state index contributed by atoms with van der Waals surface area (Å²) in [7, 11) is 0. The number of carbonyl (C=O) groups excluding carboxylic acids is 2. The Bertz CT molecular complexity index is 863. The number of hydrogen-bond donors (Lipinski definition) is 0. The van der Waals surface area contributed by atoms with E-state index in [9.17, 15) is 24.1 Å². The number of nitrogens with zero attached hydrogens (tertiary/aromatic N) is 2. The lowest BCUT2D eigenvalue weighted by atomic mass is 10.2. The van der Waals surface area contributed by atoms with Crippen molar-refractivity contribution in [2.45, 2.75) is 0 Å². The molecule has 0 atom stereocenters. The van der Waals surface area contributed by atoms with Gasteiger partial charge in [0.1, 0.15) is 5.82 Å². The first-order chi connectivity index (χ1) is 11.5. The minimum absolute atomic E-state index is 0.0634. The lowest BCUT2D eigenvalue weighted by Gasteiger charge is -2.11. The number of benzene rings is 2. The first-order valence-corrected chi connectivity index (χ1v) is 7.55. The van der Waals surface area contributed by atoms with Crippen molar-refractivity contribution in [3.8, 4) is 0 Å². The van der Waals surface area contributed by atoms with Crippen molar-refractivity contribution < 1.29 is 18.9 Å². The normalized spacial score (nSPS) is 16.0. The van der Waals surface area contributed by atoms with Crippen LogP contribution in [0.5, 0.6) is 0 Å².